The number of piperazine rings is 1. The number of benzene rings is 1. The lowest BCUT2D eigenvalue weighted by Crippen LogP contribution is -2.58. The van der Waals surface area contributed by atoms with E-state index in [2.05, 4.69) is 9.97 Å². The van der Waals surface area contributed by atoms with Crippen molar-refractivity contribution < 1.29 is 9.59 Å². The molecule has 1 atom stereocenters. The number of hydrogen-bond acceptors (Lipinski definition) is 6. The zero-order valence-corrected chi connectivity index (χ0v) is 19.3. The molecule has 3 aromatic rings. The molecule has 0 unspecified atom stereocenters. The predicted octanol–water partition coefficient (Wildman–Crippen LogP) is 3.98. The number of anilines is 1. The third-order valence-corrected chi connectivity index (χ3v) is 6.71. The molecular formula is C23H24ClN5O2S. The Morgan fingerprint density at radius 2 is 2.12 bits per heavy atom. The van der Waals surface area contributed by atoms with Crippen LogP contribution in [0.4, 0.5) is 5.82 Å². The average Bonchev–Trinajstić information content (AvgIpc) is 3.20. The second-order valence-corrected chi connectivity index (χ2v) is 9.43. The van der Waals surface area contributed by atoms with Gasteiger partial charge in [0.1, 0.15) is 18.2 Å². The Morgan fingerprint density at radius 1 is 1.28 bits per heavy atom. The van der Waals surface area contributed by atoms with Crippen LogP contribution in [0.15, 0.2) is 42.7 Å². The molecule has 1 aliphatic heterocycles. The number of carbonyl (C=O) groups excluding carboxylic acids is 2. The summed E-state index contributed by atoms with van der Waals surface area (Å²) in [5.74, 6) is 0.255. The van der Waals surface area contributed by atoms with Crippen LogP contribution in [0, 0.1) is 0 Å². The fourth-order valence-corrected chi connectivity index (χ4v) is 4.88. The molecule has 9 heteroatoms. The molecule has 7 nitrogen and oxygen atoms in total. The first kappa shape index (κ1) is 22.2. The van der Waals surface area contributed by atoms with Gasteiger partial charge in [-0.25, -0.2) is 9.97 Å². The highest BCUT2D eigenvalue weighted by Crippen LogP contribution is 2.24. The lowest BCUT2D eigenvalue weighted by molar-refractivity contribution is -0.150. The summed E-state index contributed by atoms with van der Waals surface area (Å²) in [4.78, 5) is 38.8. The summed E-state index contributed by atoms with van der Waals surface area (Å²) in [7, 11) is 0. The molecule has 0 bridgehead atoms. The maximum atomic E-state index is 13.3. The van der Waals surface area contributed by atoms with E-state index in [0.717, 1.165) is 27.8 Å². The zero-order chi connectivity index (χ0) is 22.7. The Hall–Kier alpha value is -2.97. The number of carbonyl (C=O) groups is 2. The van der Waals surface area contributed by atoms with E-state index in [-0.39, 0.29) is 11.8 Å². The fourth-order valence-electron chi connectivity index (χ4n) is 3.92. The van der Waals surface area contributed by atoms with Crippen LogP contribution in [0.1, 0.15) is 30.2 Å². The van der Waals surface area contributed by atoms with Gasteiger partial charge in [-0.05, 0) is 42.3 Å². The largest absolute Gasteiger partial charge is 0.383 e. The molecule has 166 valence electrons. The zero-order valence-electron chi connectivity index (χ0n) is 17.7. The van der Waals surface area contributed by atoms with Gasteiger partial charge in [0.05, 0.1) is 9.85 Å². The van der Waals surface area contributed by atoms with Crippen LogP contribution in [-0.4, -0.2) is 50.7 Å². The van der Waals surface area contributed by atoms with Gasteiger partial charge in [-0.15, -0.1) is 11.3 Å². The SMILES string of the molecule is CCC[C@H]1C(=O)N(Cc2ccc3c(N)ncnc3c2)CCN1C(=O)C=Cc1ccc(Cl)s1. The number of nitrogens with two attached hydrogens (primary N) is 1. The summed E-state index contributed by atoms with van der Waals surface area (Å²) in [6, 6.07) is 8.96. The van der Waals surface area contributed by atoms with Gasteiger partial charge in [-0.2, -0.15) is 0 Å². The Balaban J connectivity index is 1.48. The van der Waals surface area contributed by atoms with Crippen molar-refractivity contribution in [2.75, 3.05) is 18.8 Å². The fraction of sp³-hybridized carbons (Fsp3) is 0.304. The predicted molar refractivity (Wildman–Crippen MR) is 128 cm³/mol. The quantitative estimate of drug-likeness (QED) is 0.551. The van der Waals surface area contributed by atoms with E-state index < -0.39 is 6.04 Å². The molecule has 1 saturated heterocycles. The topological polar surface area (TPSA) is 92.4 Å². The van der Waals surface area contributed by atoms with Crippen LogP contribution >= 0.6 is 22.9 Å². The normalized spacial score (nSPS) is 16.9. The standard InChI is InChI=1S/C23H24ClN5O2S/c1-2-3-19-23(31)28(13-15-4-7-17-18(12-15)26-14-27-22(17)25)10-11-29(19)21(30)9-6-16-5-8-20(24)32-16/h4-9,12,14,19H,2-3,10-11,13H2,1H3,(H2,25,26,27)/t19-/m0/s1. The third kappa shape index (κ3) is 4.76. The molecule has 0 aliphatic carbocycles. The third-order valence-electron chi connectivity index (χ3n) is 5.52. The summed E-state index contributed by atoms with van der Waals surface area (Å²) in [5.41, 5.74) is 7.62. The molecule has 4 rings (SSSR count). The molecule has 2 aromatic heterocycles. The summed E-state index contributed by atoms with van der Waals surface area (Å²) >= 11 is 7.36. The number of thiophene rings is 1. The first-order valence-corrected chi connectivity index (χ1v) is 11.7. The number of hydrogen-bond donors (Lipinski definition) is 1. The van der Waals surface area contributed by atoms with E-state index in [9.17, 15) is 9.59 Å². The molecule has 3 heterocycles. The van der Waals surface area contributed by atoms with Crippen LogP contribution in [0.3, 0.4) is 0 Å². The molecule has 0 spiro atoms. The van der Waals surface area contributed by atoms with Gasteiger partial charge < -0.3 is 15.5 Å². The van der Waals surface area contributed by atoms with Crippen molar-refractivity contribution in [2.45, 2.75) is 32.4 Å². The number of nitrogens with zero attached hydrogens (tertiary/aromatic N) is 4. The Kier molecular flexibility index (Phi) is 6.72. The summed E-state index contributed by atoms with van der Waals surface area (Å²) in [6.07, 6.45) is 6.15. The van der Waals surface area contributed by atoms with Gasteiger partial charge in [0.25, 0.3) is 0 Å². The van der Waals surface area contributed by atoms with Gasteiger partial charge >= 0.3 is 0 Å². The summed E-state index contributed by atoms with van der Waals surface area (Å²) in [5, 5.41) is 0.792. The van der Waals surface area contributed by atoms with Gasteiger partial charge in [0, 0.05) is 36.0 Å². The maximum Gasteiger partial charge on any atom is 0.247 e. The molecule has 1 aromatic carbocycles. The van der Waals surface area contributed by atoms with Gasteiger partial charge in [-0.3, -0.25) is 9.59 Å². The molecule has 2 amide bonds. The van der Waals surface area contributed by atoms with E-state index in [1.54, 1.807) is 17.0 Å². The molecule has 0 radical (unpaired) electrons. The van der Waals surface area contributed by atoms with E-state index >= 15 is 0 Å². The number of halogens is 1. The van der Waals surface area contributed by atoms with Gasteiger partial charge in [0.2, 0.25) is 11.8 Å². The van der Waals surface area contributed by atoms with Crippen LogP contribution in [-0.2, 0) is 16.1 Å². The highest BCUT2D eigenvalue weighted by Gasteiger charge is 2.36. The van der Waals surface area contributed by atoms with Crippen LogP contribution in [0.2, 0.25) is 4.34 Å². The van der Waals surface area contributed by atoms with Gasteiger partial charge in [-0.1, -0.05) is 31.0 Å². The molecule has 2 N–H and O–H groups in total. The van der Waals surface area contributed by atoms with Crippen LogP contribution in [0.5, 0.6) is 0 Å². The van der Waals surface area contributed by atoms with Crippen molar-refractivity contribution in [1.82, 2.24) is 19.8 Å². The molecule has 1 aliphatic rings. The first-order valence-electron chi connectivity index (χ1n) is 10.5. The monoisotopic (exact) mass is 469 g/mol. The first-order chi connectivity index (χ1) is 15.5. The van der Waals surface area contributed by atoms with Crippen molar-refractivity contribution in [3.63, 3.8) is 0 Å². The number of nitrogen functional groups attached to an aromatic ring is 1. The Morgan fingerprint density at radius 3 is 2.88 bits per heavy atom. The van der Waals surface area contributed by atoms with Crippen LogP contribution < -0.4 is 5.73 Å². The van der Waals surface area contributed by atoms with Crippen LogP contribution in [0.25, 0.3) is 17.0 Å². The number of aromatic nitrogens is 2. The number of amides is 2. The maximum absolute atomic E-state index is 13.3. The smallest absolute Gasteiger partial charge is 0.247 e. The second kappa shape index (κ2) is 9.67. The average molecular weight is 470 g/mol. The molecular weight excluding hydrogens is 446 g/mol. The summed E-state index contributed by atoms with van der Waals surface area (Å²) < 4.78 is 0.674. The Labute approximate surface area is 195 Å². The minimum Gasteiger partial charge on any atom is -0.383 e. The van der Waals surface area contributed by atoms with Crippen molar-refractivity contribution in [3.05, 3.63) is 57.5 Å². The van der Waals surface area contributed by atoms with Gasteiger partial charge in [0.15, 0.2) is 0 Å². The lowest BCUT2D eigenvalue weighted by atomic mass is 10.0. The van der Waals surface area contributed by atoms with E-state index in [4.69, 9.17) is 17.3 Å². The summed E-state index contributed by atoms with van der Waals surface area (Å²) in [6.45, 7) is 3.46. The van der Waals surface area contributed by atoms with Crippen molar-refractivity contribution in [3.8, 4) is 0 Å². The number of rotatable bonds is 6. The van der Waals surface area contributed by atoms with E-state index in [1.165, 1.54) is 23.7 Å². The van der Waals surface area contributed by atoms with E-state index in [0.29, 0.717) is 36.2 Å². The second-order valence-electron chi connectivity index (χ2n) is 7.68. The Bertz CT molecular complexity index is 1180. The lowest BCUT2D eigenvalue weighted by Gasteiger charge is -2.40. The molecule has 1 fully saturated rings. The number of fused-ring (bicyclic) bond motifs is 1. The molecule has 0 saturated carbocycles. The molecule has 32 heavy (non-hydrogen) atoms. The van der Waals surface area contributed by atoms with E-state index in [1.807, 2.05) is 36.1 Å². The highest BCUT2D eigenvalue weighted by molar-refractivity contribution is 7.17. The minimum absolute atomic E-state index is 0.0266. The highest BCUT2D eigenvalue weighted by atomic mass is 35.5. The van der Waals surface area contributed by atoms with Crippen molar-refractivity contribution >= 4 is 57.5 Å². The van der Waals surface area contributed by atoms with Crippen molar-refractivity contribution in [1.29, 1.82) is 0 Å². The minimum atomic E-state index is -0.462. The van der Waals surface area contributed by atoms with Crippen molar-refractivity contribution in [2.24, 2.45) is 0 Å².